The summed E-state index contributed by atoms with van der Waals surface area (Å²) in [6.45, 7) is 7.33. The average Bonchev–Trinajstić information content (AvgIpc) is 2.44. The Morgan fingerprint density at radius 1 is 1.33 bits per heavy atom. The Morgan fingerprint density at radius 2 is 2.07 bits per heavy atom. The van der Waals surface area contributed by atoms with Crippen molar-refractivity contribution in [2.75, 3.05) is 27.2 Å². The average molecular weight is 227 g/mol. The van der Waals surface area contributed by atoms with Gasteiger partial charge in [0.05, 0.1) is 10.7 Å². The second-order valence-electron chi connectivity index (χ2n) is 4.08. The number of aromatic nitrogens is 1. The molecule has 1 N–H and O–H groups in total. The topological polar surface area (TPSA) is 28.2 Å². The second kappa shape index (κ2) is 6.20. The molecule has 0 saturated carbocycles. The van der Waals surface area contributed by atoms with Crippen molar-refractivity contribution in [3.8, 4) is 0 Å². The van der Waals surface area contributed by atoms with Crippen molar-refractivity contribution in [3.63, 3.8) is 0 Å². The van der Waals surface area contributed by atoms with E-state index in [0.29, 0.717) is 0 Å². The van der Waals surface area contributed by atoms with Crippen molar-refractivity contribution in [2.24, 2.45) is 0 Å². The molecule has 3 nitrogen and oxygen atoms in total. The molecule has 0 atom stereocenters. The molecule has 0 aliphatic carbocycles. The third-order valence-corrected chi connectivity index (χ3v) is 3.32. The van der Waals surface area contributed by atoms with Crippen molar-refractivity contribution >= 4 is 11.3 Å². The standard InChI is InChI=1S/C11H21N3S/c1-9-11(15-10(2)13-9)8-12-6-5-7-14(3)4/h12H,5-8H2,1-4H3. The zero-order valence-electron chi connectivity index (χ0n) is 10.1. The van der Waals surface area contributed by atoms with Crippen LogP contribution in [0, 0.1) is 13.8 Å². The number of rotatable bonds is 6. The summed E-state index contributed by atoms with van der Waals surface area (Å²) in [7, 11) is 4.22. The number of hydrogen-bond donors (Lipinski definition) is 1. The molecule has 0 radical (unpaired) electrons. The van der Waals surface area contributed by atoms with E-state index in [1.54, 1.807) is 11.3 Å². The summed E-state index contributed by atoms with van der Waals surface area (Å²) in [5.41, 5.74) is 1.18. The van der Waals surface area contributed by atoms with E-state index in [0.717, 1.165) is 24.6 Å². The Labute approximate surface area is 96.5 Å². The summed E-state index contributed by atoms with van der Waals surface area (Å²) in [5, 5.41) is 4.62. The molecule has 0 aliphatic heterocycles. The third-order valence-electron chi connectivity index (χ3n) is 2.24. The van der Waals surface area contributed by atoms with E-state index in [4.69, 9.17) is 0 Å². The molecule has 1 aromatic heterocycles. The minimum Gasteiger partial charge on any atom is -0.312 e. The molecular weight excluding hydrogens is 206 g/mol. The van der Waals surface area contributed by atoms with Crippen LogP contribution in [-0.2, 0) is 6.54 Å². The molecule has 0 bridgehead atoms. The van der Waals surface area contributed by atoms with Crippen LogP contribution in [0.15, 0.2) is 0 Å². The van der Waals surface area contributed by atoms with Crippen LogP contribution in [0.2, 0.25) is 0 Å². The van der Waals surface area contributed by atoms with Gasteiger partial charge in [-0.15, -0.1) is 11.3 Å². The van der Waals surface area contributed by atoms with Gasteiger partial charge in [-0.2, -0.15) is 0 Å². The lowest BCUT2D eigenvalue weighted by molar-refractivity contribution is 0.394. The number of hydrogen-bond acceptors (Lipinski definition) is 4. The van der Waals surface area contributed by atoms with Crippen LogP contribution in [0.5, 0.6) is 0 Å². The fourth-order valence-corrected chi connectivity index (χ4v) is 2.37. The zero-order valence-corrected chi connectivity index (χ0v) is 10.9. The molecule has 86 valence electrons. The fraction of sp³-hybridized carbons (Fsp3) is 0.727. The van der Waals surface area contributed by atoms with Gasteiger partial charge in [0, 0.05) is 11.4 Å². The SMILES string of the molecule is Cc1nc(C)c(CNCCCN(C)C)s1. The highest BCUT2D eigenvalue weighted by Gasteiger charge is 2.03. The minimum absolute atomic E-state index is 0.963. The second-order valence-corrected chi connectivity index (χ2v) is 5.36. The highest BCUT2D eigenvalue weighted by molar-refractivity contribution is 7.11. The molecule has 0 unspecified atom stereocenters. The monoisotopic (exact) mass is 227 g/mol. The van der Waals surface area contributed by atoms with Crippen LogP contribution < -0.4 is 5.32 Å². The van der Waals surface area contributed by atoms with Gasteiger partial charge >= 0.3 is 0 Å². The predicted octanol–water partition coefficient (Wildman–Crippen LogP) is 1.80. The molecule has 0 fully saturated rings. The van der Waals surface area contributed by atoms with E-state index in [-0.39, 0.29) is 0 Å². The van der Waals surface area contributed by atoms with Gasteiger partial charge in [0.25, 0.3) is 0 Å². The van der Waals surface area contributed by atoms with Gasteiger partial charge < -0.3 is 10.2 Å². The lowest BCUT2D eigenvalue weighted by atomic mass is 10.3. The summed E-state index contributed by atoms with van der Waals surface area (Å²) in [6.07, 6.45) is 1.20. The first-order valence-corrected chi connectivity index (χ1v) is 6.19. The van der Waals surface area contributed by atoms with E-state index >= 15 is 0 Å². The predicted molar refractivity (Wildman–Crippen MR) is 66.5 cm³/mol. The third kappa shape index (κ3) is 4.73. The van der Waals surface area contributed by atoms with Crippen LogP contribution >= 0.6 is 11.3 Å². The normalized spacial score (nSPS) is 11.3. The van der Waals surface area contributed by atoms with Crippen LogP contribution in [0.25, 0.3) is 0 Å². The number of nitrogens with zero attached hydrogens (tertiary/aromatic N) is 2. The largest absolute Gasteiger partial charge is 0.312 e. The first-order valence-electron chi connectivity index (χ1n) is 5.38. The van der Waals surface area contributed by atoms with Crippen LogP contribution in [0.1, 0.15) is 22.0 Å². The lowest BCUT2D eigenvalue weighted by Gasteiger charge is -2.09. The summed E-state index contributed by atoms with van der Waals surface area (Å²) in [5.74, 6) is 0. The van der Waals surface area contributed by atoms with Gasteiger partial charge in [-0.3, -0.25) is 0 Å². The maximum Gasteiger partial charge on any atom is 0.0900 e. The van der Waals surface area contributed by atoms with Crippen molar-refractivity contribution in [3.05, 3.63) is 15.6 Å². The highest BCUT2D eigenvalue weighted by atomic mass is 32.1. The van der Waals surface area contributed by atoms with Gasteiger partial charge in [0.1, 0.15) is 0 Å². The quantitative estimate of drug-likeness (QED) is 0.751. The Morgan fingerprint density at radius 3 is 2.60 bits per heavy atom. The van der Waals surface area contributed by atoms with Crippen molar-refractivity contribution in [1.82, 2.24) is 15.2 Å². The van der Waals surface area contributed by atoms with E-state index in [9.17, 15) is 0 Å². The van der Waals surface area contributed by atoms with E-state index in [1.807, 2.05) is 0 Å². The van der Waals surface area contributed by atoms with Crippen molar-refractivity contribution < 1.29 is 0 Å². The Balaban J connectivity index is 2.17. The van der Waals surface area contributed by atoms with Crippen LogP contribution in [0.3, 0.4) is 0 Å². The summed E-state index contributed by atoms with van der Waals surface area (Å²) in [4.78, 5) is 7.99. The van der Waals surface area contributed by atoms with Gasteiger partial charge in [-0.05, 0) is 47.5 Å². The van der Waals surface area contributed by atoms with Crippen molar-refractivity contribution in [2.45, 2.75) is 26.8 Å². The van der Waals surface area contributed by atoms with Crippen LogP contribution in [-0.4, -0.2) is 37.1 Å². The van der Waals surface area contributed by atoms with Gasteiger partial charge in [0.15, 0.2) is 0 Å². The number of thiazole rings is 1. The molecule has 0 aliphatic rings. The maximum atomic E-state index is 4.41. The molecule has 0 aromatic carbocycles. The van der Waals surface area contributed by atoms with E-state index < -0.39 is 0 Å². The fourth-order valence-electron chi connectivity index (χ4n) is 1.46. The summed E-state index contributed by atoms with van der Waals surface area (Å²) < 4.78 is 0. The number of aryl methyl sites for hydroxylation is 2. The molecule has 4 heteroatoms. The molecule has 1 heterocycles. The number of nitrogens with one attached hydrogen (secondary N) is 1. The zero-order chi connectivity index (χ0) is 11.3. The first-order chi connectivity index (χ1) is 7.09. The first kappa shape index (κ1) is 12.6. The molecule has 1 rings (SSSR count). The molecule has 0 saturated heterocycles. The summed E-state index contributed by atoms with van der Waals surface area (Å²) in [6, 6.07) is 0. The Bertz CT molecular complexity index is 294. The maximum absolute atomic E-state index is 4.41. The molecule has 15 heavy (non-hydrogen) atoms. The molecule has 0 amide bonds. The Kier molecular flexibility index (Phi) is 5.22. The van der Waals surface area contributed by atoms with E-state index in [2.05, 4.69) is 43.1 Å². The molecule has 0 spiro atoms. The van der Waals surface area contributed by atoms with Gasteiger partial charge in [-0.25, -0.2) is 4.98 Å². The van der Waals surface area contributed by atoms with Crippen molar-refractivity contribution in [1.29, 1.82) is 0 Å². The molecular formula is C11H21N3S. The highest BCUT2D eigenvalue weighted by Crippen LogP contribution is 2.16. The smallest absolute Gasteiger partial charge is 0.0900 e. The summed E-state index contributed by atoms with van der Waals surface area (Å²) >= 11 is 1.79. The van der Waals surface area contributed by atoms with Gasteiger partial charge in [0.2, 0.25) is 0 Å². The lowest BCUT2D eigenvalue weighted by Crippen LogP contribution is -2.20. The van der Waals surface area contributed by atoms with Gasteiger partial charge in [-0.1, -0.05) is 0 Å². The van der Waals surface area contributed by atoms with Crippen LogP contribution in [0.4, 0.5) is 0 Å². The minimum atomic E-state index is 0.963. The Hall–Kier alpha value is -0.450. The molecule has 1 aromatic rings. The van der Waals surface area contributed by atoms with E-state index in [1.165, 1.54) is 17.0 Å².